The number of hydrogen-bond acceptors (Lipinski definition) is 1. The van der Waals surface area contributed by atoms with Gasteiger partial charge in [-0.1, -0.05) is 5.92 Å². The van der Waals surface area contributed by atoms with Crippen LogP contribution in [0.25, 0.3) is 10.9 Å². The molecule has 0 fully saturated rings. The summed E-state index contributed by atoms with van der Waals surface area (Å²) in [5.74, 6) is 2.55. The van der Waals surface area contributed by atoms with Crippen molar-refractivity contribution in [2.75, 3.05) is 11.9 Å². The Hall–Kier alpha value is -1.88. The third kappa shape index (κ3) is 1.45. The molecule has 1 N–H and O–H groups in total. The summed E-state index contributed by atoms with van der Waals surface area (Å²) in [7, 11) is 2.04. The standard InChI is InChI=1S/C12H12N2/c1-3-7-13-11-4-5-12-10(9-11)6-8-14(12)2/h1,4-6,8-9,13H,7H2,2H3. The first-order chi connectivity index (χ1) is 6.81. The second-order valence-corrected chi connectivity index (χ2v) is 3.26. The van der Waals surface area contributed by atoms with Crippen LogP contribution >= 0.6 is 0 Å². The molecule has 0 amide bonds. The molecule has 14 heavy (non-hydrogen) atoms. The van der Waals surface area contributed by atoms with E-state index in [-0.39, 0.29) is 0 Å². The van der Waals surface area contributed by atoms with Gasteiger partial charge in [0, 0.05) is 29.8 Å². The van der Waals surface area contributed by atoms with Crippen molar-refractivity contribution in [1.29, 1.82) is 0 Å². The Morgan fingerprint density at radius 2 is 2.29 bits per heavy atom. The second kappa shape index (κ2) is 3.47. The molecule has 0 spiro atoms. The molecule has 0 aliphatic rings. The Morgan fingerprint density at radius 1 is 1.43 bits per heavy atom. The van der Waals surface area contributed by atoms with Crippen molar-refractivity contribution >= 4 is 16.6 Å². The molecule has 0 radical (unpaired) electrons. The van der Waals surface area contributed by atoms with Crippen LogP contribution in [0, 0.1) is 12.3 Å². The molecule has 0 unspecified atom stereocenters. The van der Waals surface area contributed by atoms with Gasteiger partial charge in [-0.2, -0.15) is 0 Å². The average molecular weight is 184 g/mol. The lowest BCUT2D eigenvalue weighted by molar-refractivity contribution is 0.969. The first-order valence-electron chi connectivity index (χ1n) is 4.53. The fraction of sp³-hybridized carbons (Fsp3) is 0.167. The number of aromatic nitrogens is 1. The molecule has 0 bridgehead atoms. The van der Waals surface area contributed by atoms with E-state index in [2.05, 4.69) is 40.2 Å². The summed E-state index contributed by atoms with van der Waals surface area (Å²) in [6, 6.07) is 8.33. The Bertz CT molecular complexity index is 488. The smallest absolute Gasteiger partial charge is 0.0763 e. The Morgan fingerprint density at radius 3 is 3.07 bits per heavy atom. The van der Waals surface area contributed by atoms with Crippen LogP contribution in [-0.4, -0.2) is 11.1 Å². The number of nitrogens with one attached hydrogen (secondary N) is 1. The van der Waals surface area contributed by atoms with Gasteiger partial charge in [0.15, 0.2) is 0 Å². The van der Waals surface area contributed by atoms with E-state index in [1.807, 2.05) is 13.1 Å². The normalized spacial score (nSPS) is 10.0. The van der Waals surface area contributed by atoms with Crippen LogP contribution in [0.5, 0.6) is 0 Å². The maximum absolute atomic E-state index is 5.18. The number of hydrogen-bond donors (Lipinski definition) is 1. The molecular weight excluding hydrogens is 172 g/mol. The van der Waals surface area contributed by atoms with Gasteiger partial charge in [0.25, 0.3) is 0 Å². The van der Waals surface area contributed by atoms with E-state index >= 15 is 0 Å². The predicted molar refractivity (Wildman–Crippen MR) is 60.2 cm³/mol. The molecule has 0 saturated carbocycles. The lowest BCUT2D eigenvalue weighted by atomic mass is 10.2. The second-order valence-electron chi connectivity index (χ2n) is 3.26. The van der Waals surface area contributed by atoms with Crippen molar-refractivity contribution in [2.24, 2.45) is 7.05 Å². The quantitative estimate of drug-likeness (QED) is 0.708. The molecule has 2 heteroatoms. The zero-order chi connectivity index (χ0) is 9.97. The summed E-state index contributed by atoms with van der Waals surface area (Å²) in [5.41, 5.74) is 2.30. The van der Waals surface area contributed by atoms with Crippen LogP contribution in [0.4, 0.5) is 5.69 Å². The molecule has 1 aromatic heterocycles. The zero-order valence-corrected chi connectivity index (χ0v) is 8.12. The first kappa shape index (κ1) is 8.71. The van der Waals surface area contributed by atoms with Crippen molar-refractivity contribution in [2.45, 2.75) is 0 Å². The van der Waals surface area contributed by atoms with Gasteiger partial charge in [0.05, 0.1) is 6.54 Å². The van der Waals surface area contributed by atoms with Crippen LogP contribution in [0.15, 0.2) is 30.5 Å². The van der Waals surface area contributed by atoms with E-state index in [0.717, 1.165) is 5.69 Å². The molecule has 2 nitrogen and oxygen atoms in total. The Kier molecular flexibility index (Phi) is 2.16. The van der Waals surface area contributed by atoms with Gasteiger partial charge in [0.1, 0.15) is 0 Å². The number of nitrogens with zero attached hydrogens (tertiary/aromatic N) is 1. The molecule has 0 aliphatic carbocycles. The minimum absolute atomic E-state index is 0.568. The third-order valence-corrected chi connectivity index (χ3v) is 2.28. The van der Waals surface area contributed by atoms with E-state index in [1.165, 1.54) is 10.9 Å². The van der Waals surface area contributed by atoms with Crippen LogP contribution in [0.3, 0.4) is 0 Å². The van der Waals surface area contributed by atoms with Gasteiger partial charge in [-0.15, -0.1) is 6.42 Å². The average Bonchev–Trinajstić information content (AvgIpc) is 2.57. The first-order valence-corrected chi connectivity index (χ1v) is 4.53. The molecule has 1 heterocycles. The van der Waals surface area contributed by atoms with Crippen molar-refractivity contribution in [3.63, 3.8) is 0 Å². The maximum Gasteiger partial charge on any atom is 0.0763 e. The van der Waals surface area contributed by atoms with E-state index in [9.17, 15) is 0 Å². The summed E-state index contributed by atoms with van der Waals surface area (Å²) < 4.78 is 2.10. The molecule has 0 saturated heterocycles. The highest BCUT2D eigenvalue weighted by Crippen LogP contribution is 2.19. The number of fused-ring (bicyclic) bond motifs is 1. The van der Waals surface area contributed by atoms with Crippen LogP contribution in [0.1, 0.15) is 0 Å². The third-order valence-electron chi connectivity index (χ3n) is 2.28. The molecule has 2 rings (SSSR count). The number of rotatable bonds is 2. The highest BCUT2D eigenvalue weighted by Gasteiger charge is 1.98. The molecule has 2 aromatic rings. The van der Waals surface area contributed by atoms with Gasteiger partial charge >= 0.3 is 0 Å². The number of anilines is 1. The minimum Gasteiger partial charge on any atom is -0.374 e. The van der Waals surface area contributed by atoms with Crippen LogP contribution < -0.4 is 5.32 Å². The van der Waals surface area contributed by atoms with Crippen LogP contribution in [0.2, 0.25) is 0 Å². The van der Waals surface area contributed by atoms with Gasteiger partial charge in [0.2, 0.25) is 0 Å². The van der Waals surface area contributed by atoms with Crippen molar-refractivity contribution in [1.82, 2.24) is 4.57 Å². The van der Waals surface area contributed by atoms with Gasteiger partial charge in [-0.25, -0.2) is 0 Å². The highest BCUT2D eigenvalue weighted by atomic mass is 14.9. The fourth-order valence-corrected chi connectivity index (χ4v) is 1.54. The van der Waals surface area contributed by atoms with Gasteiger partial charge in [-0.3, -0.25) is 0 Å². The largest absolute Gasteiger partial charge is 0.374 e. The monoisotopic (exact) mass is 184 g/mol. The van der Waals surface area contributed by atoms with E-state index in [1.54, 1.807) is 0 Å². The maximum atomic E-state index is 5.18. The van der Waals surface area contributed by atoms with Gasteiger partial charge in [-0.05, 0) is 24.3 Å². The van der Waals surface area contributed by atoms with E-state index < -0.39 is 0 Å². The molecule has 0 aliphatic heterocycles. The lowest BCUT2D eigenvalue weighted by Crippen LogP contribution is -1.97. The molecule has 1 aromatic carbocycles. The predicted octanol–water partition coefficient (Wildman–Crippen LogP) is 2.22. The van der Waals surface area contributed by atoms with Crippen molar-refractivity contribution in [3.05, 3.63) is 30.5 Å². The SMILES string of the molecule is C#CCNc1ccc2c(ccn2C)c1. The van der Waals surface area contributed by atoms with Crippen LogP contribution in [-0.2, 0) is 7.05 Å². The molecule has 70 valence electrons. The molecule has 0 atom stereocenters. The zero-order valence-electron chi connectivity index (χ0n) is 8.12. The summed E-state index contributed by atoms with van der Waals surface area (Å²) >= 11 is 0. The van der Waals surface area contributed by atoms with Crippen molar-refractivity contribution in [3.8, 4) is 12.3 Å². The summed E-state index contributed by atoms with van der Waals surface area (Å²) in [6.07, 6.45) is 7.23. The number of terminal acetylenes is 1. The highest BCUT2D eigenvalue weighted by molar-refractivity contribution is 5.83. The number of aryl methyl sites for hydroxylation is 1. The lowest BCUT2D eigenvalue weighted by Gasteiger charge is -2.02. The molecular formula is C12H12N2. The summed E-state index contributed by atoms with van der Waals surface area (Å²) in [4.78, 5) is 0. The van der Waals surface area contributed by atoms with Gasteiger partial charge < -0.3 is 9.88 Å². The summed E-state index contributed by atoms with van der Waals surface area (Å²) in [5, 5.41) is 4.38. The fourth-order valence-electron chi connectivity index (χ4n) is 1.54. The number of benzene rings is 1. The Labute approximate surface area is 83.5 Å². The topological polar surface area (TPSA) is 17.0 Å². The van der Waals surface area contributed by atoms with E-state index in [4.69, 9.17) is 6.42 Å². The summed E-state index contributed by atoms with van der Waals surface area (Å²) in [6.45, 7) is 0.568. The Balaban J connectivity index is 2.38. The minimum atomic E-state index is 0.568. The van der Waals surface area contributed by atoms with Crippen molar-refractivity contribution < 1.29 is 0 Å². The van der Waals surface area contributed by atoms with E-state index in [0.29, 0.717) is 6.54 Å².